The van der Waals surface area contributed by atoms with E-state index in [-0.39, 0.29) is 16.9 Å². The Morgan fingerprint density at radius 3 is 1.80 bits per heavy atom. The predicted molar refractivity (Wildman–Crippen MR) is 97.4 cm³/mol. The van der Waals surface area contributed by atoms with Crippen LogP contribution in [0.5, 0.6) is 0 Å². The molecule has 0 bridgehead atoms. The molecule has 0 aromatic heterocycles. The maximum Gasteiger partial charge on any atom is 0.194 e. The summed E-state index contributed by atoms with van der Waals surface area (Å²) in [5, 5.41) is 0. The minimum atomic E-state index is -0.663. The van der Waals surface area contributed by atoms with Gasteiger partial charge in [0.2, 0.25) is 0 Å². The highest BCUT2D eigenvalue weighted by atomic mass is 16.7. The second-order valence-corrected chi connectivity index (χ2v) is 8.69. The summed E-state index contributed by atoms with van der Waals surface area (Å²) in [6.45, 7) is 17.9. The average Bonchev–Trinajstić information content (AvgIpc) is 2.60. The molecule has 2 saturated heterocycles. The summed E-state index contributed by atoms with van der Waals surface area (Å²) >= 11 is 0. The Bertz CT molecular complexity index is 410. The zero-order valence-corrected chi connectivity index (χ0v) is 17.3. The summed E-state index contributed by atoms with van der Waals surface area (Å²) in [4.78, 5) is 0. The van der Waals surface area contributed by atoms with Crippen LogP contribution in [0.2, 0.25) is 0 Å². The minimum absolute atomic E-state index is 0.0740. The third-order valence-electron chi connectivity index (χ3n) is 5.76. The van der Waals surface area contributed by atoms with E-state index in [0.29, 0.717) is 26.4 Å². The van der Waals surface area contributed by atoms with Crippen LogP contribution in [0.1, 0.15) is 67.7 Å². The number of ether oxygens (including phenoxy) is 5. The minimum Gasteiger partial charge on any atom is -0.373 e. The van der Waals surface area contributed by atoms with Crippen molar-refractivity contribution in [2.24, 2.45) is 10.8 Å². The maximum absolute atomic E-state index is 6.29. The van der Waals surface area contributed by atoms with Gasteiger partial charge < -0.3 is 23.7 Å². The van der Waals surface area contributed by atoms with E-state index in [1.807, 2.05) is 6.92 Å². The topological polar surface area (TPSA) is 46.2 Å². The number of hydrogen-bond acceptors (Lipinski definition) is 5. The first kappa shape index (κ1) is 21.1. The van der Waals surface area contributed by atoms with Crippen LogP contribution in [-0.2, 0) is 23.7 Å². The van der Waals surface area contributed by atoms with E-state index < -0.39 is 11.6 Å². The highest BCUT2D eigenvalue weighted by Gasteiger charge is 2.54. The summed E-state index contributed by atoms with van der Waals surface area (Å²) in [5.41, 5.74) is -0.303. The van der Waals surface area contributed by atoms with E-state index in [9.17, 15) is 0 Å². The van der Waals surface area contributed by atoms with Crippen LogP contribution in [-0.4, -0.2) is 50.7 Å². The van der Waals surface area contributed by atoms with Crippen molar-refractivity contribution in [1.82, 2.24) is 0 Å². The summed E-state index contributed by atoms with van der Waals surface area (Å²) in [6.07, 6.45) is 2.48. The van der Waals surface area contributed by atoms with Gasteiger partial charge in [0.15, 0.2) is 11.6 Å². The molecular weight excluding hydrogens is 320 g/mol. The van der Waals surface area contributed by atoms with E-state index in [1.165, 1.54) is 0 Å². The molecule has 0 aliphatic carbocycles. The summed E-state index contributed by atoms with van der Waals surface area (Å²) in [6, 6.07) is 0. The molecule has 5 nitrogen and oxygen atoms in total. The Hall–Kier alpha value is -0.200. The largest absolute Gasteiger partial charge is 0.373 e. The number of hydrogen-bond donors (Lipinski definition) is 0. The van der Waals surface area contributed by atoms with E-state index in [0.717, 1.165) is 25.9 Å². The van der Waals surface area contributed by atoms with Crippen LogP contribution >= 0.6 is 0 Å². The Balaban J connectivity index is 2.00. The standard InChI is InChI=1S/C20H38O5/c1-8-11-21-16(4)19(9-2)22-12-18(13-23-19)14-24-20(10-3,25-15-18)17(5,6)7/h16H,8-15H2,1-7H3. The summed E-state index contributed by atoms with van der Waals surface area (Å²) < 4.78 is 30.9. The molecule has 1 atom stereocenters. The molecular formula is C20H38O5. The van der Waals surface area contributed by atoms with Crippen LogP contribution in [0.4, 0.5) is 0 Å². The van der Waals surface area contributed by atoms with Crippen LogP contribution in [0.15, 0.2) is 0 Å². The van der Waals surface area contributed by atoms with Crippen molar-refractivity contribution in [1.29, 1.82) is 0 Å². The highest BCUT2D eigenvalue weighted by molar-refractivity contribution is 4.94. The lowest BCUT2D eigenvalue weighted by atomic mass is 9.80. The van der Waals surface area contributed by atoms with Crippen molar-refractivity contribution in [2.45, 2.75) is 85.4 Å². The van der Waals surface area contributed by atoms with Crippen molar-refractivity contribution in [3.8, 4) is 0 Å². The molecule has 148 valence electrons. The second-order valence-electron chi connectivity index (χ2n) is 8.69. The van der Waals surface area contributed by atoms with Gasteiger partial charge in [-0.2, -0.15) is 0 Å². The first-order chi connectivity index (χ1) is 11.7. The van der Waals surface area contributed by atoms with Gasteiger partial charge in [0.1, 0.15) is 6.10 Å². The summed E-state index contributed by atoms with van der Waals surface area (Å²) in [5.74, 6) is -1.20. The normalized spacial score (nSPS) is 38.0. The molecule has 0 N–H and O–H groups in total. The van der Waals surface area contributed by atoms with Crippen LogP contribution in [0, 0.1) is 10.8 Å². The van der Waals surface area contributed by atoms with Gasteiger partial charge in [0, 0.05) is 18.4 Å². The SMILES string of the molecule is CCCOC(C)C1(CC)OCC2(CO1)COC(CC)(C(C)(C)C)OC2. The fourth-order valence-corrected chi connectivity index (χ4v) is 3.74. The molecule has 0 aromatic rings. The lowest BCUT2D eigenvalue weighted by molar-refractivity contribution is -0.398. The van der Waals surface area contributed by atoms with Gasteiger partial charge in [0.05, 0.1) is 31.8 Å². The third kappa shape index (κ3) is 4.06. The zero-order valence-electron chi connectivity index (χ0n) is 17.3. The molecule has 2 aliphatic heterocycles. The highest BCUT2D eigenvalue weighted by Crippen LogP contribution is 2.45. The fraction of sp³-hybridized carbons (Fsp3) is 1.00. The van der Waals surface area contributed by atoms with Crippen molar-refractivity contribution < 1.29 is 23.7 Å². The van der Waals surface area contributed by atoms with Gasteiger partial charge >= 0.3 is 0 Å². The van der Waals surface area contributed by atoms with Gasteiger partial charge in [-0.3, -0.25) is 0 Å². The molecule has 2 rings (SSSR count). The van der Waals surface area contributed by atoms with Crippen LogP contribution < -0.4 is 0 Å². The molecule has 1 unspecified atom stereocenters. The molecule has 5 heteroatoms. The maximum atomic E-state index is 6.29. The fourth-order valence-electron chi connectivity index (χ4n) is 3.74. The smallest absolute Gasteiger partial charge is 0.194 e. The molecule has 0 radical (unpaired) electrons. The van der Waals surface area contributed by atoms with E-state index in [1.54, 1.807) is 0 Å². The van der Waals surface area contributed by atoms with Crippen molar-refractivity contribution in [3.05, 3.63) is 0 Å². The second kappa shape index (κ2) is 7.81. The van der Waals surface area contributed by atoms with Gasteiger partial charge in [-0.1, -0.05) is 41.5 Å². The molecule has 0 aromatic carbocycles. The molecule has 0 amide bonds. The van der Waals surface area contributed by atoms with Crippen LogP contribution in [0.25, 0.3) is 0 Å². The molecule has 2 heterocycles. The molecule has 1 spiro atoms. The molecule has 2 aliphatic rings. The van der Waals surface area contributed by atoms with Crippen LogP contribution in [0.3, 0.4) is 0 Å². The molecule has 2 fully saturated rings. The van der Waals surface area contributed by atoms with Gasteiger partial charge in [0.25, 0.3) is 0 Å². The predicted octanol–water partition coefficient (Wildman–Crippen LogP) is 4.14. The first-order valence-electron chi connectivity index (χ1n) is 9.85. The average molecular weight is 359 g/mol. The van der Waals surface area contributed by atoms with Crippen molar-refractivity contribution >= 4 is 0 Å². The van der Waals surface area contributed by atoms with E-state index in [4.69, 9.17) is 23.7 Å². The Labute approximate surface area is 153 Å². The van der Waals surface area contributed by atoms with Gasteiger partial charge in [-0.15, -0.1) is 0 Å². The first-order valence-corrected chi connectivity index (χ1v) is 9.85. The van der Waals surface area contributed by atoms with Gasteiger partial charge in [-0.25, -0.2) is 0 Å². The van der Waals surface area contributed by atoms with E-state index in [2.05, 4.69) is 41.5 Å². The van der Waals surface area contributed by atoms with Gasteiger partial charge in [-0.05, 0) is 19.8 Å². The van der Waals surface area contributed by atoms with Crippen molar-refractivity contribution in [3.63, 3.8) is 0 Å². The van der Waals surface area contributed by atoms with E-state index >= 15 is 0 Å². The Kier molecular flexibility index (Phi) is 6.59. The Morgan fingerprint density at radius 1 is 0.880 bits per heavy atom. The lowest BCUT2D eigenvalue weighted by Gasteiger charge is -2.54. The van der Waals surface area contributed by atoms with Crippen molar-refractivity contribution in [2.75, 3.05) is 33.0 Å². The Morgan fingerprint density at radius 2 is 1.40 bits per heavy atom. The molecule has 0 saturated carbocycles. The molecule has 25 heavy (non-hydrogen) atoms. The monoisotopic (exact) mass is 358 g/mol. The summed E-state index contributed by atoms with van der Waals surface area (Å²) in [7, 11) is 0. The third-order valence-corrected chi connectivity index (χ3v) is 5.76. The quantitative estimate of drug-likeness (QED) is 0.714. The lowest BCUT2D eigenvalue weighted by Crippen LogP contribution is -2.63. The zero-order chi connectivity index (χ0) is 18.8. The number of rotatable bonds is 6.